The van der Waals surface area contributed by atoms with Crippen molar-refractivity contribution >= 4 is 5.69 Å². The van der Waals surface area contributed by atoms with Crippen LogP contribution in [0.4, 0.5) is 10.1 Å². The van der Waals surface area contributed by atoms with Gasteiger partial charge in [-0.3, -0.25) is 0 Å². The fourth-order valence-corrected chi connectivity index (χ4v) is 2.22. The van der Waals surface area contributed by atoms with Crippen LogP contribution in [0.5, 0.6) is 17.2 Å². The Balaban J connectivity index is 2.26. The lowest BCUT2D eigenvalue weighted by atomic mass is 10.1. The van der Waals surface area contributed by atoms with E-state index in [-0.39, 0.29) is 5.56 Å². The quantitative estimate of drug-likeness (QED) is 0.885. The number of halogens is 1. The van der Waals surface area contributed by atoms with Crippen LogP contribution in [-0.4, -0.2) is 21.3 Å². The normalized spacial score (nSPS) is 9.87. The average molecular weight is 316 g/mol. The second-order valence-corrected chi connectivity index (χ2v) is 4.65. The van der Waals surface area contributed by atoms with Gasteiger partial charge in [-0.25, -0.2) is 4.39 Å². The van der Waals surface area contributed by atoms with Crippen LogP contribution in [-0.2, 0) is 6.54 Å². The number of hydrogen-bond donors (Lipinski definition) is 1. The second-order valence-electron chi connectivity index (χ2n) is 4.65. The first kappa shape index (κ1) is 16.4. The molecule has 0 aliphatic heterocycles. The summed E-state index contributed by atoms with van der Waals surface area (Å²) in [5.74, 6) is 1.07. The molecule has 0 aliphatic rings. The summed E-state index contributed by atoms with van der Waals surface area (Å²) in [6.45, 7) is 0.326. The lowest BCUT2D eigenvalue weighted by Crippen LogP contribution is -2.05. The number of benzene rings is 2. The highest BCUT2D eigenvalue weighted by atomic mass is 19.1. The fraction of sp³-hybridized carbons (Fsp3) is 0.235. The first-order valence-electron chi connectivity index (χ1n) is 6.86. The minimum atomic E-state index is -0.483. The van der Waals surface area contributed by atoms with E-state index < -0.39 is 5.82 Å². The highest BCUT2D eigenvalue weighted by Crippen LogP contribution is 2.39. The van der Waals surface area contributed by atoms with E-state index in [9.17, 15) is 4.39 Å². The van der Waals surface area contributed by atoms with E-state index in [1.807, 2.05) is 12.1 Å². The third-order valence-electron chi connectivity index (χ3n) is 3.35. The number of ether oxygens (including phenoxy) is 3. The summed E-state index contributed by atoms with van der Waals surface area (Å²) in [4.78, 5) is 0. The molecule has 120 valence electrons. The Morgan fingerprint density at radius 1 is 1.04 bits per heavy atom. The maximum Gasteiger partial charge on any atom is 0.203 e. The molecule has 0 saturated heterocycles. The molecule has 0 atom stereocenters. The molecule has 6 heteroatoms. The molecule has 0 amide bonds. The Hall–Kier alpha value is -2.94. The molecular formula is C17H17FN2O3. The number of rotatable bonds is 6. The highest BCUT2D eigenvalue weighted by molar-refractivity contribution is 5.57. The van der Waals surface area contributed by atoms with E-state index in [2.05, 4.69) is 5.32 Å². The van der Waals surface area contributed by atoms with Crippen LogP contribution in [0.3, 0.4) is 0 Å². The van der Waals surface area contributed by atoms with Crippen LogP contribution in [0.15, 0.2) is 30.3 Å². The molecule has 0 aliphatic carbocycles. The smallest absolute Gasteiger partial charge is 0.203 e. The first-order chi connectivity index (χ1) is 11.1. The van der Waals surface area contributed by atoms with Crippen molar-refractivity contribution < 1.29 is 18.6 Å². The van der Waals surface area contributed by atoms with Gasteiger partial charge in [0.25, 0.3) is 0 Å². The Morgan fingerprint density at radius 3 is 2.35 bits per heavy atom. The van der Waals surface area contributed by atoms with Gasteiger partial charge < -0.3 is 19.5 Å². The zero-order valence-corrected chi connectivity index (χ0v) is 13.1. The van der Waals surface area contributed by atoms with Crippen LogP contribution in [0.1, 0.15) is 11.1 Å². The molecule has 0 saturated carbocycles. The Kier molecular flexibility index (Phi) is 5.26. The summed E-state index contributed by atoms with van der Waals surface area (Å²) < 4.78 is 29.8. The van der Waals surface area contributed by atoms with Gasteiger partial charge >= 0.3 is 0 Å². The summed E-state index contributed by atoms with van der Waals surface area (Å²) in [5, 5.41) is 11.7. The number of anilines is 1. The molecule has 1 N–H and O–H groups in total. The molecular weight excluding hydrogens is 299 g/mol. The zero-order valence-electron chi connectivity index (χ0n) is 13.1. The predicted octanol–water partition coefficient (Wildman–Crippen LogP) is 3.34. The number of hydrogen-bond acceptors (Lipinski definition) is 5. The zero-order chi connectivity index (χ0) is 16.8. The molecule has 0 heterocycles. The Morgan fingerprint density at radius 2 is 1.78 bits per heavy atom. The SMILES string of the molecule is COc1ccc(CNc2ccc(C#N)cc2F)c(OC)c1OC. The molecule has 0 fully saturated rings. The van der Waals surface area contributed by atoms with Gasteiger partial charge in [-0.05, 0) is 30.3 Å². The van der Waals surface area contributed by atoms with E-state index >= 15 is 0 Å². The molecule has 0 unspecified atom stereocenters. The van der Waals surface area contributed by atoms with Crippen molar-refractivity contribution in [3.05, 3.63) is 47.3 Å². The van der Waals surface area contributed by atoms with Gasteiger partial charge in [-0.1, -0.05) is 0 Å². The Bertz CT molecular complexity index is 741. The van der Waals surface area contributed by atoms with Crippen molar-refractivity contribution in [1.29, 1.82) is 5.26 Å². The fourth-order valence-electron chi connectivity index (χ4n) is 2.22. The molecule has 2 aromatic rings. The molecule has 0 radical (unpaired) electrons. The van der Waals surface area contributed by atoms with Gasteiger partial charge in [-0.15, -0.1) is 0 Å². The Labute approximate surface area is 134 Å². The van der Waals surface area contributed by atoms with Crippen molar-refractivity contribution in [2.45, 2.75) is 6.54 Å². The van der Waals surface area contributed by atoms with Gasteiger partial charge in [0, 0.05) is 12.1 Å². The molecule has 5 nitrogen and oxygen atoms in total. The van der Waals surface area contributed by atoms with Gasteiger partial charge in [0.1, 0.15) is 5.82 Å². The molecule has 0 spiro atoms. The third kappa shape index (κ3) is 3.46. The van der Waals surface area contributed by atoms with Crippen molar-refractivity contribution in [3.8, 4) is 23.3 Å². The van der Waals surface area contributed by atoms with Gasteiger partial charge in [0.05, 0.1) is 38.6 Å². The van der Waals surface area contributed by atoms with Crippen molar-refractivity contribution in [2.75, 3.05) is 26.6 Å². The highest BCUT2D eigenvalue weighted by Gasteiger charge is 2.16. The van der Waals surface area contributed by atoms with Gasteiger partial charge in [-0.2, -0.15) is 5.26 Å². The molecule has 0 aromatic heterocycles. The van der Waals surface area contributed by atoms with E-state index in [0.29, 0.717) is 29.5 Å². The number of nitrogens with one attached hydrogen (secondary N) is 1. The minimum absolute atomic E-state index is 0.275. The summed E-state index contributed by atoms with van der Waals surface area (Å²) in [7, 11) is 4.60. The largest absolute Gasteiger partial charge is 0.493 e. The van der Waals surface area contributed by atoms with Gasteiger partial charge in [0.15, 0.2) is 11.5 Å². The van der Waals surface area contributed by atoms with Crippen LogP contribution in [0, 0.1) is 17.1 Å². The summed E-state index contributed by atoms with van der Waals surface area (Å²) in [5.41, 5.74) is 1.37. The minimum Gasteiger partial charge on any atom is -0.493 e. The van der Waals surface area contributed by atoms with E-state index in [1.165, 1.54) is 26.4 Å². The first-order valence-corrected chi connectivity index (χ1v) is 6.86. The average Bonchev–Trinajstić information content (AvgIpc) is 2.59. The third-order valence-corrected chi connectivity index (χ3v) is 3.35. The molecule has 2 rings (SSSR count). The molecule has 2 aromatic carbocycles. The van der Waals surface area contributed by atoms with E-state index in [4.69, 9.17) is 19.5 Å². The van der Waals surface area contributed by atoms with Crippen LogP contribution < -0.4 is 19.5 Å². The van der Waals surface area contributed by atoms with Crippen LogP contribution in [0.25, 0.3) is 0 Å². The van der Waals surface area contributed by atoms with Crippen molar-refractivity contribution in [2.24, 2.45) is 0 Å². The molecule has 23 heavy (non-hydrogen) atoms. The van der Waals surface area contributed by atoms with Crippen LogP contribution >= 0.6 is 0 Å². The number of nitrogens with zero attached hydrogens (tertiary/aromatic N) is 1. The summed E-state index contributed by atoms with van der Waals surface area (Å²) in [6, 6.07) is 9.74. The topological polar surface area (TPSA) is 63.5 Å². The lowest BCUT2D eigenvalue weighted by Gasteiger charge is -2.16. The van der Waals surface area contributed by atoms with Crippen LogP contribution in [0.2, 0.25) is 0 Å². The summed E-state index contributed by atoms with van der Waals surface area (Å²) in [6.07, 6.45) is 0. The van der Waals surface area contributed by atoms with Crippen molar-refractivity contribution in [1.82, 2.24) is 0 Å². The maximum atomic E-state index is 13.9. The predicted molar refractivity (Wildman–Crippen MR) is 84.5 cm³/mol. The lowest BCUT2D eigenvalue weighted by molar-refractivity contribution is 0.322. The second kappa shape index (κ2) is 7.36. The standard InChI is InChI=1S/C17H17FN2O3/c1-21-15-7-5-12(16(22-2)17(15)23-3)10-20-14-6-4-11(9-19)8-13(14)18/h4-8,20H,10H2,1-3H3. The monoisotopic (exact) mass is 316 g/mol. The van der Waals surface area contributed by atoms with E-state index in [1.54, 1.807) is 19.2 Å². The van der Waals surface area contributed by atoms with E-state index in [0.717, 1.165) is 5.56 Å². The maximum absolute atomic E-state index is 13.9. The number of methoxy groups -OCH3 is 3. The van der Waals surface area contributed by atoms with Crippen molar-refractivity contribution in [3.63, 3.8) is 0 Å². The summed E-state index contributed by atoms with van der Waals surface area (Å²) >= 11 is 0. The number of nitriles is 1. The van der Waals surface area contributed by atoms with Gasteiger partial charge in [0.2, 0.25) is 5.75 Å². The molecule has 0 bridgehead atoms.